The molecule has 1 aliphatic heterocycles. The van der Waals surface area contributed by atoms with Gasteiger partial charge in [0.1, 0.15) is 0 Å². The zero-order valence-electron chi connectivity index (χ0n) is 19.0. The molecule has 10 heteroatoms. The number of carbonyl (C=O) groups excluding carboxylic acids is 1. The normalized spacial score (nSPS) is 14.8. The van der Waals surface area contributed by atoms with Crippen LogP contribution < -0.4 is 14.8 Å². The van der Waals surface area contributed by atoms with Gasteiger partial charge in [-0.3, -0.25) is 9.69 Å². The van der Waals surface area contributed by atoms with Crippen LogP contribution in [-0.4, -0.2) is 83.7 Å². The van der Waals surface area contributed by atoms with Gasteiger partial charge in [-0.25, -0.2) is 8.42 Å². The molecule has 180 valence electrons. The molecule has 0 bridgehead atoms. The fourth-order valence-corrected chi connectivity index (χ4v) is 4.93. The first-order chi connectivity index (χ1) is 15.9. The largest absolute Gasteiger partial charge is 0.493 e. The molecular weight excluding hydrogens is 446 g/mol. The number of hydrogen-bond donors (Lipinski definition) is 1. The quantitative estimate of drug-likeness (QED) is 0.522. The van der Waals surface area contributed by atoms with Crippen LogP contribution in [0.15, 0.2) is 53.4 Å². The number of rotatable bonds is 11. The van der Waals surface area contributed by atoms with Gasteiger partial charge in [0.25, 0.3) is 0 Å². The molecule has 0 spiro atoms. The van der Waals surface area contributed by atoms with Crippen molar-refractivity contribution in [1.29, 1.82) is 0 Å². The Labute approximate surface area is 195 Å². The van der Waals surface area contributed by atoms with E-state index in [9.17, 15) is 13.2 Å². The number of morpholine rings is 1. The summed E-state index contributed by atoms with van der Waals surface area (Å²) in [6.07, 6.45) is 0. The van der Waals surface area contributed by atoms with Crippen molar-refractivity contribution >= 4 is 15.9 Å². The van der Waals surface area contributed by atoms with Crippen molar-refractivity contribution in [1.82, 2.24) is 14.5 Å². The third-order valence-electron chi connectivity index (χ3n) is 5.37. The van der Waals surface area contributed by atoms with Crippen LogP contribution in [0.25, 0.3) is 0 Å². The summed E-state index contributed by atoms with van der Waals surface area (Å²) in [4.78, 5) is 14.9. The minimum absolute atomic E-state index is 0.0252. The Balaban J connectivity index is 1.74. The molecule has 9 nitrogen and oxygen atoms in total. The van der Waals surface area contributed by atoms with Crippen molar-refractivity contribution < 1.29 is 27.4 Å². The molecule has 2 aromatic carbocycles. The van der Waals surface area contributed by atoms with Gasteiger partial charge in [-0.05, 0) is 17.7 Å². The van der Waals surface area contributed by atoms with E-state index in [0.717, 1.165) is 18.7 Å². The van der Waals surface area contributed by atoms with E-state index in [4.69, 9.17) is 14.2 Å². The average molecular weight is 478 g/mol. The Morgan fingerprint density at radius 3 is 2.42 bits per heavy atom. The maximum atomic E-state index is 13.5. The number of methoxy groups -OCH3 is 2. The maximum Gasteiger partial charge on any atom is 0.243 e. The summed E-state index contributed by atoms with van der Waals surface area (Å²) in [6, 6.07) is 13.6. The van der Waals surface area contributed by atoms with Crippen LogP contribution in [0.2, 0.25) is 0 Å². The Bertz CT molecular complexity index is 1010. The molecule has 1 saturated heterocycles. The molecule has 1 heterocycles. The lowest BCUT2D eigenvalue weighted by molar-refractivity contribution is -0.121. The van der Waals surface area contributed by atoms with E-state index in [-0.39, 0.29) is 23.9 Å². The molecule has 1 N–H and O–H groups in total. The van der Waals surface area contributed by atoms with Gasteiger partial charge in [-0.2, -0.15) is 4.31 Å². The number of benzene rings is 2. The predicted octanol–water partition coefficient (Wildman–Crippen LogP) is 1.34. The van der Waals surface area contributed by atoms with Crippen LogP contribution in [0.3, 0.4) is 0 Å². The Morgan fingerprint density at radius 1 is 1.06 bits per heavy atom. The summed E-state index contributed by atoms with van der Waals surface area (Å²) < 4.78 is 43.9. The Morgan fingerprint density at radius 2 is 1.76 bits per heavy atom. The molecule has 0 atom stereocenters. The lowest BCUT2D eigenvalue weighted by Crippen LogP contribution is -2.44. The van der Waals surface area contributed by atoms with Crippen molar-refractivity contribution in [2.75, 3.05) is 60.2 Å². The molecule has 1 aliphatic rings. The van der Waals surface area contributed by atoms with Crippen molar-refractivity contribution in [2.24, 2.45) is 0 Å². The molecule has 0 unspecified atom stereocenters. The summed E-state index contributed by atoms with van der Waals surface area (Å²) in [5.41, 5.74) is 0.780. The van der Waals surface area contributed by atoms with Crippen molar-refractivity contribution in [3.63, 3.8) is 0 Å². The molecule has 3 rings (SSSR count). The number of hydrogen-bond acceptors (Lipinski definition) is 7. The van der Waals surface area contributed by atoms with E-state index in [1.165, 1.54) is 36.7 Å². The molecule has 0 radical (unpaired) electrons. The second-order valence-electron chi connectivity index (χ2n) is 7.58. The highest BCUT2D eigenvalue weighted by atomic mass is 32.2. The van der Waals surface area contributed by atoms with Crippen LogP contribution in [0, 0.1) is 0 Å². The molecule has 0 saturated carbocycles. The molecule has 1 fully saturated rings. The molecule has 0 aliphatic carbocycles. The highest BCUT2D eigenvalue weighted by molar-refractivity contribution is 7.89. The first-order valence-electron chi connectivity index (χ1n) is 10.8. The second-order valence-corrected chi connectivity index (χ2v) is 9.52. The summed E-state index contributed by atoms with van der Waals surface area (Å²) in [7, 11) is -1.06. The summed E-state index contributed by atoms with van der Waals surface area (Å²) >= 11 is 0. The molecule has 33 heavy (non-hydrogen) atoms. The molecule has 2 aromatic rings. The number of nitrogens with zero attached hydrogens (tertiary/aromatic N) is 2. The summed E-state index contributed by atoms with van der Waals surface area (Å²) in [5, 5.41) is 2.84. The first-order valence-corrected chi connectivity index (χ1v) is 12.2. The SMILES string of the molecule is COc1ccc(S(=O)(=O)N(CC(=O)NCCN2CCOCC2)Cc2ccccc2)cc1OC. The number of amides is 1. The zero-order chi connectivity index (χ0) is 23.7. The van der Waals surface area contributed by atoms with Crippen LogP contribution in [0.5, 0.6) is 11.5 Å². The van der Waals surface area contributed by atoms with E-state index < -0.39 is 10.0 Å². The highest BCUT2D eigenvalue weighted by Gasteiger charge is 2.28. The predicted molar refractivity (Wildman–Crippen MR) is 124 cm³/mol. The molecular formula is C23H31N3O6S. The fourth-order valence-electron chi connectivity index (χ4n) is 3.53. The number of nitrogens with one attached hydrogen (secondary N) is 1. The highest BCUT2D eigenvalue weighted by Crippen LogP contribution is 2.31. The van der Waals surface area contributed by atoms with E-state index in [1.807, 2.05) is 30.3 Å². The minimum Gasteiger partial charge on any atom is -0.493 e. The minimum atomic E-state index is -3.99. The summed E-state index contributed by atoms with van der Waals surface area (Å²) in [5.74, 6) is 0.364. The van der Waals surface area contributed by atoms with Gasteiger partial charge in [0, 0.05) is 38.8 Å². The van der Waals surface area contributed by atoms with Gasteiger partial charge in [-0.1, -0.05) is 30.3 Å². The van der Waals surface area contributed by atoms with E-state index >= 15 is 0 Å². The van der Waals surface area contributed by atoms with E-state index in [0.29, 0.717) is 37.8 Å². The number of ether oxygens (including phenoxy) is 3. The lowest BCUT2D eigenvalue weighted by atomic mass is 10.2. The smallest absolute Gasteiger partial charge is 0.243 e. The van der Waals surface area contributed by atoms with Crippen molar-refractivity contribution in [3.05, 3.63) is 54.1 Å². The summed E-state index contributed by atoms with van der Waals surface area (Å²) in [6.45, 7) is 3.91. The maximum absolute atomic E-state index is 13.5. The Hall–Kier alpha value is -2.66. The third-order valence-corrected chi connectivity index (χ3v) is 7.16. The topological polar surface area (TPSA) is 97.4 Å². The van der Waals surface area contributed by atoms with Gasteiger partial charge in [0.2, 0.25) is 15.9 Å². The lowest BCUT2D eigenvalue weighted by Gasteiger charge is -2.27. The van der Waals surface area contributed by atoms with Gasteiger partial charge in [0.05, 0.1) is 38.9 Å². The standard InChI is InChI=1S/C23H31N3O6S/c1-30-21-9-8-20(16-22(21)31-2)33(28,29)26(17-19-6-4-3-5-7-19)18-23(27)24-10-11-25-12-14-32-15-13-25/h3-9,16H,10-15,17-18H2,1-2H3,(H,24,27). The van der Waals surface area contributed by atoms with Crippen LogP contribution in [0.4, 0.5) is 0 Å². The molecule has 0 aromatic heterocycles. The Kier molecular flexibility index (Phi) is 9.07. The zero-order valence-corrected chi connectivity index (χ0v) is 19.8. The van der Waals surface area contributed by atoms with Crippen LogP contribution >= 0.6 is 0 Å². The average Bonchev–Trinajstić information content (AvgIpc) is 2.84. The van der Waals surface area contributed by atoms with Gasteiger partial charge < -0.3 is 19.5 Å². The van der Waals surface area contributed by atoms with Crippen LogP contribution in [0.1, 0.15) is 5.56 Å². The fraction of sp³-hybridized carbons (Fsp3) is 0.435. The van der Waals surface area contributed by atoms with Crippen LogP contribution in [-0.2, 0) is 26.1 Å². The van der Waals surface area contributed by atoms with Gasteiger partial charge >= 0.3 is 0 Å². The van der Waals surface area contributed by atoms with Gasteiger partial charge in [-0.15, -0.1) is 0 Å². The second kappa shape index (κ2) is 12.0. The third kappa shape index (κ3) is 6.91. The number of carbonyl (C=O) groups is 1. The molecule has 1 amide bonds. The van der Waals surface area contributed by atoms with Gasteiger partial charge in [0.15, 0.2) is 11.5 Å². The monoisotopic (exact) mass is 477 g/mol. The van der Waals surface area contributed by atoms with Crippen molar-refractivity contribution in [2.45, 2.75) is 11.4 Å². The van der Waals surface area contributed by atoms with E-state index in [2.05, 4.69) is 10.2 Å². The van der Waals surface area contributed by atoms with E-state index in [1.54, 1.807) is 0 Å². The van der Waals surface area contributed by atoms with Crippen molar-refractivity contribution in [3.8, 4) is 11.5 Å². The number of sulfonamides is 1. The first kappa shape index (κ1) is 25.0.